The van der Waals surface area contributed by atoms with Crippen molar-refractivity contribution in [3.05, 3.63) is 24.3 Å². The van der Waals surface area contributed by atoms with Gasteiger partial charge in [0.2, 0.25) is 10.0 Å². The molecular weight excluding hydrogens is 236 g/mol. The molecule has 4 nitrogen and oxygen atoms in total. The summed E-state index contributed by atoms with van der Waals surface area (Å²) in [6, 6.07) is 7.58. The van der Waals surface area contributed by atoms with Crippen LogP contribution in [0.5, 0.6) is 0 Å². The molecule has 5 heteroatoms. The third-order valence-corrected chi connectivity index (χ3v) is 4.30. The smallest absolute Gasteiger partial charge is 0.232 e. The van der Waals surface area contributed by atoms with E-state index in [2.05, 4.69) is 9.62 Å². The third-order valence-electron chi connectivity index (χ3n) is 2.99. The Morgan fingerprint density at radius 3 is 2.29 bits per heavy atom. The van der Waals surface area contributed by atoms with Crippen LogP contribution >= 0.6 is 0 Å². The summed E-state index contributed by atoms with van der Waals surface area (Å²) >= 11 is 0. The predicted molar refractivity (Wildman–Crippen MR) is 71.0 cm³/mol. The van der Waals surface area contributed by atoms with Crippen molar-refractivity contribution >= 4 is 21.4 Å². The van der Waals surface area contributed by atoms with Gasteiger partial charge in [0.1, 0.15) is 0 Å². The van der Waals surface area contributed by atoms with Gasteiger partial charge in [0.25, 0.3) is 0 Å². The number of anilines is 2. The van der Waals surface area contributed by atoms with Gasteiger partial charge in [-0.15, -0.1) is 0 Å². The van der Waals surface area contributed by atoms with Crippen molar-refractivity contribution in [1.82, 2.24) is 0 Å². The van der Waals surface area contributed by atoms with Crippen LogP contribution in [0.3, 0.4) is 0 Å². The summed E-state index contributed by atoms with van der Waals surface area (Å²) in [4.78, 5) is 2.32. The van der Waals surface area contributed by atoms with Crippen LogP contribution in [-0.2, 0) is 10.0 Å². The van der Waals surface area contributed by atoms with Crippen molar-refractivity contribution in [2.75, 3.05) is 28.5 Å². The third kappa shape index (κ3) is 3.12. The minimum Gasteiger partial charge on any atom is -0.372 e. The molecule has 1 aromatic rings. The van der Waals surface area contributed by atoms with Crippen molar-refractivity contribution < 1.29 is 8.42 Å². The molecule has 2 rings (SSSR count). The number of hydrogen-bond donors (Lipinski definition) is 1. The lowest BCUT2D eigenvalue weighted by molar-refractivity contribution is 0.602. The molecule has 94 valence electrons. The van der Waals surface area contributed by atoms with Crippen molar-refractivity contribution in [3.63, 3.8) is 0 Å². The molecule has 1 heterocycles. The van der Waals surface area contributed by atoms with E-state index in [-0.39, 0.29) is 5.75 Å². The lowest BCUT2D eigenvalue weighted by Gasteiger charge is -2.17. The monoisotopic (exact) mass is 254 g/mol. The maximum absolute atomic E-state index is 11.4. The molecule has 0 saturated carbocycles. The summed E-state index contributed by atoms with van der Waals surface area (Å²) in [7, 11) is -3.17. The minimum absolute atomic E-state index is 0.0981. The van der Waals surface area contributed by atoms with E-state index in [0.29, 0.717) is 5.69 Å². The predicted octanol–water partition coefficient (Wildman–Crippen LogP) is 2.05. The molecule has 0 radical (unpaired) electrons. The molecule has 1 fully saturated rings. The Kier molecular flexibility index (Phi) is 3.57. The van der Waals surface area contributed by atoms with E-state index >= 15 is 0 Å². The lowest BCUT2D eigenvalue weighted by Crippen LogP contribution is -2.18. The van der Waals surface area contributed by atoms with Crippen molar-refractivity contribution in [2.45, 2.75) is 19.8 Å². The van der Waals surface area contributed by atoms with Gasteiger partial charge >= 0.3 is 0 Å². The Morgan fingerprint density at radius 1 is 1.18 bits per heavy atom. The molecule has 0 amide bonds. The summed E-state index contributed by atoms with van der Waals surface area (Å²) in [6.07, 6.45) is 2.48. The number of benzene rings is 1. The Morgan fingerprint density at radius 2 is 1.76 bits per heavy atom. The highest BCUT2D eigenvalue weighted by atomic mass is 32.2. The molecule has 0 aliphatic carbocycles. The fraction of sp³-hybridized carbons (Fsp3) is 0.500. The highest BCUT2D eigenvalue weighted by Gasteiger charge is 2.12. The van der Waals surface area contributed by atoms with Gasteiger partial charge < -0.3 is 4.90 Å². The minimum atomic E-state index is -3.17. The Bertz CT molecular complexity index is 462. The van der Waals surface area contributed by atoms with Gasteiger partial charge in [-0.3, -0.25) is 4.72 Å². The highest BCUT2D eigenvalue weighted by Crippen LogP contribution is 2.22. The Labute approximate surface area is 103 Å². The molecule has 1 aliphatic rings. The van der Waals surface area contributed by atoms with Crippen molar-refractivity contribution in [2.24, 2.45) is 0 Å². The summed E-state index contributed by atoms with van der Waals surface area (Å²) < 4.78 is 25.3. The zero-order valence-corrected chi connectivity index (χ0v) is 10.8. The van der Waals surface area contributed by atoms with Gasteiger partial charge in [-0.1, -0.05) is 0 Å². The maximum Gasteiger partial charge on any atom is 0.232 e. The summed E-state index contributed by atoms with van der Waals surface area (Å²) in [6.45, 7) is 3.82. The number of nitrogens with one attached hydrogen (secondary N) is 1. The molecule has 0 unspecified atom stereocenters. The number of rotatable bonds is 4. The van der Waals surface area contributed by atoms with E-state index in [1.807, 2.05) is 24.3 Å². The zero-order chi connectivity index (χ0) is 12.3. The molecule has 1 saturated heterocycles. The summed E-state index contributed by atoms with van der Waals surface area (Å²) in [5.74, 6) is 0.0981. The van der Waals surface area contributed by atoms with E-state index in [9.17, 15) is 8.42 Å². The first-order chi connectivity index (χ1) is 8.11. The fourth-order valence-corrected chi connectivity index (χ4v) is 2.61. The molecule has 1 aliphatic heterocycles. The molecule has 0 spiro atoms. The van der Waals surface area contributed by atoms with Gasteiger partial charge in [0, 0.05) is 24.5 Å². The van der Waals surface area contributed by atoms with E-state index in [0.717, 1.165) is 13.1 Å². The molecule has 0 bridgehead atoms. The molecular formula is C12H18N2O2S. The van der Waals surface area contributed by atoms with Crippen molar-refractivity contribution in [3.8, 4) is 0 Å². The zero-order valence-electron chi connectivity index (χ0n) is 10.0. The quantitative estimate of drug-likeness (QED) is 0.894. The van der Waals surface area contributed by atoms with E-state index in [4.69, 9.17) is 0 Å². The number of nitrogens with zero attached hydrogens (tertiary/aromatic N) is 1. The summed E-state index contributed by atoms with van der Waals surface area (Å²) in [5, 5.41) is 0. The molecule has 0 aromatic heterocycles. The first-order valence-corrected chi connectivity index (χ1v) is 7.61. The fourth-order valence-electron chi connectivity index (χ4n) is 1.97. The number of hydrogen-bond acceptors (Lipinski definition) is 3. The Hall–Kier alpha value is -1.23. The van der Waals surface area contributed by atoms with Gasteiger partial charge in [-0.2, -0.15) is 0 Å². The number of sulfonamides is 1. The van der Waals surface area contributed by atoms with Crippen LogP contribution < -0.4 is 9.62 Å². The van der Waals surface area contributed by atoms with E-state index in [1.165, 1.54) is 18.5 Å². The molecule has 0 atom stereocenters. The highest BCUT2D eigenvalue weighted by molar-refractivity contribution is 7.92. The van der Waals surface area contributed by atoms with E-state index < -0.39 is 10.0 Å². The lowest BCUT2D eigenvalue weighted by atomic mass is 10.2. The standard InChI is InChI=1S/C12H18N2O2S/c1-2-17(15,16)13-11-5-7-12(8-6-11)14-9-3-4-10-14/h5-8,13H,2-4,9-10H2,1H3. The molecule has 17 heavy (non-hydrogen) atoms. The second kappa shape index (κ2) is 4.96. The van der Waals surface area contributed by atoms with Gasteiger partial charge in [-0.25, -0.2) is 8.42 Å². The van der Waals surface area contributed by atoms with Crippen LogP contribution in [0.4, 0.5) is 11.4 Å². The van der Waals surface area contributed by atoms with Gasteiger partial charge in [-0.05, 0) is 44.0 Å². The first-order valence-electron chi connectivity index (χ1n) is 5.96. The van der Waals surface area contributed by atoms with Gasteiger partial charge in [0.15, 0.2) is 0 Å². The van der Waals surface area contributed by atoms with Crippen LogP contribution in [0.25, 0.3) is 0 Å². The second-order valence-corrected chi connectivity index (χ2v) is 6.26. The normalized spacial score (nSPS) is 16.2. The Balaban J connectivity index is 2.07. The maximum atomic E-state index is 11.4. The van der Waals surface area contributed by atoms with Crippen LogP contribution in [0, 0.1) is 0 Å². The second-order valence-electron chi connectivity index (χ2n) is 4.25. The van der Waals surface area contributed by atoms with E-state index in [1.54, 1.807) is 6.92 Å². The SMILES string of the molecule is CCS(=O)(=O)Nc1ccc(N2CCCC2)cc1. The van der Waals surface area contributed by atoms with Crippen LogP contribution in [-0.4, -0.2) is 27.3 Å². The average molecular weight is 254 g/mol. The first kappa shape index (κ1) is 12.2. The summed E-state index contributed by atoms with van der Waals surface area (Å²) in [5.41, 5.74) is 1.80. The molecule has 1 N–H and O–H groups in total. The van der Waals surface area contributed by atoms with Crippen LogP contribution in [0.15, 0.2) is 24.3 Å². The van der Waals surface area contributed by atoms with Crippen LogP contribution in [0.2, 0.25) is 0 Å². The van der Waals surface area contributed by atoms with Gasteiger partial charge in [0.05, 0.1) is 5.75 Å². The molecule has 1 aromatic carbocycles. The van der Waals surface area contributed by atoms with Crippen LogP contribution in [0.1, 0.15) is 19.8 Å². The largest absolute Gasteiger partial charge is 0.372 e. The average Bonchev–Trinajstić information content (AvgIpc) is 2.83. The van der Waals surface area contributed by atoms with Crippen molar-refractivity contribution in [1.29, 1.82) is 0 Å². The topological polar surface area (TPSA) is 49.4 Å².